The summed E-state index contributed by atoms with van der Waals surface area (Å²) in [7, 11) is 1.78. The van der Waals surface area contributed by atoms with Crippen LogP contribution in [0.1, 0.15) is 0 Å². The third kappa shape index (κ3) is 0.931. The number of nitrogens with zero attached hydrogens (tertiary/aromatic N) is 4. The van der Waals surface area contributed by atoms with Crippen molar-refractivity contribution in [1.82, 2.24) is 20.2 Å². The van der Waals surface area contributed by atoms with Crippen LogP contribution in [0.3, 0.4) is 0 Å². The van der Waals surface area contributed by atoms with E-state index >= 15 is 0 Å². The minimum absolute atomic E-state index is 0.413. The van der Waals surface area contributed by atoms with Gasteiger partial charge in [0, 0.05) is 18.5 Å². The monoisotopic (exact) mass is 165 g/mol. The van der Waals surface area contributed by atoms with E-state index < -0.39 is 0 Å². The van der Waals surface area contributed by atoms with E-state index in [0.717, 1.165) is 0 Å². The molecule has 2 aromatic heterocycles. The molecule has 0 radical (unpaired) electrons. The molecule has 0 saturated heterocycles. The molecule has 6 heteroatoms. The fourth-order valence-corrected chi connectivity index (χ4v) is 0.981. The number of rotatable bonds is 1. The summed E-state index contributed by atoms with van der Waals surface area (Å²) < 4.78 is 6.42. The quantitative estimate of drug-likeness (QED) is 0.645. The Balaban J connectivity index is 2.54. The van der Waals surface area contributed by atoms with Gasteiger partial charge in [0.1, 0.15) is 0 Å². The van der Waals surface area contributed by atoms with Gasteiger partial charge in [-0.15, -0.1) is 5.10 Å². The van der Waals surface area contributed by atoms with Gasteiger partial charge in [0.2, 0.25) is 0 Å². The summed E-state index contributed by atoms with van der Waals surface area (Å²) in [6.07, 6.45) is 3.24. The van der Waals surface area contributed by atoms with E-state index in [-0.39, 0.29) is 0 Å². The summed E-state index contributed by atoms with van der Waals surface area (Å²) in [5.41, 5.74) is 6.30. The predicted octanol–water partition coefficient (Wildman–Crippen LogP) is 0.0523. The molecule has 0 aliphatic heterocycles. The van der Waals surface area contributed by atoms with Crippen LogP contribution in [0.2, 0.25) is 0 Å². The van der Waals surface area contributed by atoms with Gasteiger partial charge in [0.05, 0.1) is 11.8 Å². The van der Waals surface area contributed by atoms with Gasteiger partial charge in [-0.25, -0.2) is 0 Å². The number of hydrogen-bond acceptors (Lipinski definition) is 5. The summed E-state index contributed by atoms with van der Waals surface area (Å²) in [5.74, 6) is 0.941. The first-order valence-electron chi connectivity index (χ1n) is 3.34. The molecule has 0 atom stereocenters. The molecule has 2 heterocycles. The van der Waals surface area contributed by atoms with Crippen molar-refractivity contribution in [2.24, 2.45) is 7.05 Å². The maximum absolute atomic E-state index is 5.59. The lowest BCUT2D eigenvalue weighted by Gasteiger charge is -1.86. The summed E-state index contributed by atoms with van der Waals surface area (Å²) in [5, 5.41) is 10.8. The molecular weight excluding hydrogens is 158 g/mol. The number of nitrogens with two attached hydrogens (primary N) is 1. The fraction of sp³-hybridized carbons (Fsp3) is 0.167. The van der Waals surface area contributed by atoms with Crippen LogP contribution in [0.25, 0.3) is 11.3 Å². The van der Waals surface area contributed by atoms with E-state index in [2.05, 4.69) is 15.5 Å². The smallest absolute Gasteiger partial charge is 0.192 e. The average molecular weight is 165 g/mol. The average Bonchev–Trinajstić information content (AvgIpc) is 2.58. The van der Waals surface area contributed by atoms with E-state index in [1.807, 2.05) is 0 Å². The van der Waals surface area contributed by atoms with Crippen LogP contribution >= 0.6 is 0 Å². The van der Waals surface area contributed by atoms with Crippen LogP contribution in [0.15, 0.2) is 16.9 Å². The van der Waals surface area contributed by atoms with Gasteiger partial charge in [-0.3, -0.25) is 4.68 Å². The maximum atomic E-state index is 5.59. The van der Waals surface area contributed by atoms with Gasteiger partial charge in [0.25, 0.3) is 0 Å². The molecule has 12 heavy (non-hydrogen) atoms. The van der Waals surface area contributed by atoms with Gasteiger partial charge in [-0.05, 0) is 0 Å². The Bertz CT molecular complexity index is 377. The van der Waals surface area contributed by atoms with Crippen LogP contribution in [0, 0.1) is 0 Å². The molecule has 2 aromatic rings. The standard InChI is InChI=1S/C6H7N5O/c1-11-3-4(6(7)9-11)5-2-8-10-12-5/h2-3H,1H3,(H2,7,9). The van der Waals surface area contributed by atoms with E-state index in [4.69, 9.17) is 10.3 Å². The topological polar surface area (TPSA) is 82.8 Å². The first kappa shape index (κ1) is 6.84. The predicted molar refractivity (Wildman–Crippen MR) is 40.9 cm³/mol. The van der Waals surface area contributed by atoms with Crippen molar-refractivity contribution < 1.29 is 4.52 Å². The fourth-order valence-electron chi connectivity index (χ4n) is 0.981. The molecule has 62 valence electrons. The normalized spacial score (nSPS) is 10.4. The second-order valence-corrected chi connectivity index (χ2v) is 2.38. The molecule has 0 aliphatic carbocycles. The Labute approximate surface area is 68.0 Å². The molecule has 0 bridgehead atoms. The molecule has 6 nitrogen and oxygen atoms in total. The first-order valence-corrected chi connectivity index (χ1v) is 3.34. The maximum Gasteiger partial charge on any atom is 0.192 e. The van der Waals surface area contributed by atoms with Crippen LogP contribution in [-0.4, -0.2) is 20.2 Å². The SMILES string of the molecule is Cn1cc(-c2cnno2)c(N)n1. The highest BCUT2D eigenvalue weighted by Gasteiger charge is 2.09. The number of anilines is 1. The van der Waals surface area contributed by atoms with Crippen LogP contribution in [-0.2, 0) is 7.05 Å². The molecule has 0 amide bonds. The highest BCUT2D eigenvalue weighted by Crippen LogP contribution is 2.22. The number of aryl methyl sites for hydroxylation is 1. The second-order valence-electron chi connectivity index (χ2n) is 2.38. The van der Waals surface area contributed by atoms with Crippen LogP contribution in [0.5, 0.6) is 0 Å². The molecule has 0 aliphatic rings. The van der Waals surface area contributed by atoms with Gasteiger partial charge in [-0.2, -0.15) is 5.10 Å². The Kier molecular flexibility index (Phi) is 1.33. The van der Waals surface area contributed by atoms with Crippen molar-refractivity contribution in [1.29, 1.82) is 0 Å². The van der Waals surface area contributed by atoms with Crippen molar-refractivity contribution >= 4 is 5.82 Å². The third-order valence-electron chi connectivity index (χ3n) is 1.48. The van der Waals surface area contributed by atoms with E-state index in [1.165, 1.54) is 6.20 Å². The van der Waals surface area contributed by atoms with Gasteiger partial charge >= 0.3 is 0 Å². The lowest BCUT2D eigenvalue weighted by molar-refractivity contribution is 0.404. The van der Waals surface area contributed by atoms with Crippen LogP contribution in [0.4, 0.5) is 5.82 Å². The Morgan fingerprint density at radius 2 is 2.42 bits per heavy atom. The third-order valence-corrected chi connectivity index (χ3v) is 1.48. The Morgan fingerprint density at radius 1 is 1.58 bits per heavy atom. The summed E-state index contributed by atoms with van der Waals surface area (Å²) in [6.45, 7) is 0. The van der Waals surface area contributed by atoms with Crippen molar-refractivity contribution in [2.45, 2.75) is 0 Å². The van der Waals surface area contributed by atoms with Crippen molar-refractivity contribution in [3.8, 4) is 11.3 Å². The van der Waals surface area contributed by atoms with Crippen molar-refractivity contribution in [3.63, 3.8) is 0 Å². The summed E-state index contributed by atoms with van der Waals surface area (Å²) >= 11 is 0. The molecular formula is C6H7N5O. The second kappa shape index (κ2) is 2.33. The minimum atomic E-state index is 0.413. The molecule has 2 rings (SSSR count). The van der Waals surface area contributed by atoms with E-state index in [0.29, 0.717) is 17.1 Å². The van der Waals surface area contributed by atoms with E-state index in [1.54, 1.807) is 17.9 Å². The Hall–Kier alpha value is -1.85. The lowest BCUT2D eigenvalue weighted by atomic mass is 10.3. The largest absolute Gasteiger partial charge is 0.382 e. The van der Waals surface area contributed by atoms with Gasteiger partial charge in [0.15, 0.2) is 11.6 Å². The molecule has 0 saturated carbocycles. The van der Waals surface area contributed by atoms with Gasteiger partial charge in [-0.1, -0.05) is 0 Å². The summed E-state index contributed by atoms with van der Waals surface area (Å²) in [4.78, 5) is 0. The zero-order chi connectivity index (χ0) is 8.55. The van der Waals surface area contributed by atoms with Gasteiger partial charge < -0.3 is 10.3 Å². The Morgan fingerprint density at radius 3 is 2.92 bits per heavy atom. The van der Waals surface area contributed by atoms with Crippen molar-refractivity contribution in [2.75, 3.05) is 5.73 Å². The zero-order valence-electron chi connectivity index (χ0n) is 6.43. The molecule has 0 aromatic carbocycles. The molecule has 0 spiro atoms. The van der Waals surface area contributed by atoms with Crippen molar-refractivity contribution in [3.05, 3.63) is 12.4 Å². The number of nitrogen functional groups attached to an aromatic ring is 1. The zero-order valence-corrected chi connectivity index (χ0v) is 6.43. The molecule has 0 unspecified atom stereocenters. The highest BCUT2D eigenvalue weighted by atomic mass is 16.5. The van der Waals surface area contributed by atoms with E-state index in [9.17, 15) is 0 Å². The molecule has 0 fully saturated rings. The lowest BCUT2D eigenvalue weighted by Crippen LogP contribution is -1.90. The number of hydrogen-bond donors (Lipinski definition) is 1. The van der Waals surface area contributed by atoms with Crippen LogP contribution < -0.4 is 5.73 Å². The minimum Gasteiger partial charge on any atom is -0.382 e. The number of aromatic nitrogens is 4. The summed E-state index contributed by atoms with van der Waals surface area (Å²) in [6, 6.07) is 0. The highest BCUT2D eigenvalue weighted by molar-refractivity contribution is 5.67. The first-order chi connectivity index (χ1) is 5.77. The molecule has 2 N–H and O–H groups in total.